The van der Waals surface area contributed by atoms with Crippen molar-refractivity contribution in [1.82, 2.24) is 9.55 Å². The SMILES string of the molecule is Cc1nc2c(O)c(C(=O)Nc3cc(C(F)(F)F)ccc3-c3ccc(F)cc3F)cc(Cl)c2n1C. The second-order valence-electron chi connectivity index (χ2n) is 7.51. The summed E-state index contributed by atoms with van der Waals surface area (Å²) in [5, 5.41) is 13.0. The van der Waals surface area contributed by atoms with Crippen molar-refractivity contribution >= 4 is 34.2 Å². The summed E-state index contributed by atoms with van der Waals surface area (Å²) in [6.07, 6.45) is -4.75. The highest BCUT2D eigenvalue weighted by molar-refractivity contribution is 6.36. The molecule has 3 aromatic carbocycles. The van der Waals surface area contributed by atoms with Crippen molar-refractivity contribution in [3.8, 4) is 16.9 Å². The maximum atomic E-state index is 14.4. The van der Waals surface area contributed by atoms with E-state index in [-0.39, 0.29) is 27.2 Å². The second kappa shape index (κ2) is 8.28. The summed E-state index contributed by atoms with van der Waals surface area (Å²) in [6.45, 7) is 1.65. The molecule has 1 aromatic heterocycles. The predicted octanol–water partition coefficient (Wildman–Crippen LogP) is 6.46. The van der Waals surface area contributed by atoms with Crippen molar-refractivity contribution in [2.24, 2.45) is 7.05 Å². The van der Waals surface area contributed by atoms with Crippen molar-refractivity contribution in [3.05, 3.63) is 76.1 Å². The van der Waals surface area contributed by atoms with Gasteiger partial charge in [0.25, 0.3) is 5.91 Å². The highest BCUT2D eigenvalue weighted by Crippen LogP contribution is 2.39. The van der Waals surface area contributed by atoms with Crippen LogP contribution < -0.4 is 5.32 Å². The zero-order chi connectivity index (χ0) is 24.9. The summed E-state index contributed by atoms with van der Waals surface area (Å²) in [7, 11) is 1.65. The van der Waals surface area contributed by atoms with Crippen LogP contribution in [0.5, 0.6) is 5.75 Å². The third-order valence-corrected chi connectivity index (χ3v) is 5.64. The van der Waals surface area contributed by atoms with Gasteiger partial charge in [-0.1, -0.05) is 17.7 Å². The molecule has 176 valence electrons. The fraction of sp³-hybridized carbons (Fsp3) is 0.130. The highest BCUT2D eigenvalue weighted by atomic mass is 35.5. The van der Waals surface area contributed by atoms with Gasteiger partial charge in [-0.3, -0.25) is 4.79 Å². The summed E-state index contributed by atoms with van der Waals surface area (Å²) in [5.41, 5.74) is -1.82. The van der Waals surface area contributed by atoms with Crippen LogP contribution in [0.15, 0.2) is 42.5 Å². The van der Waals surface area contributed by atoms with Crippen molar-refractivity contribution in [3.63, 3.8) is 0 Å². The Morgan fingerprint density at radius 3 is 2.41 bits per heavy atom. The van der Waals surface area contributed by atoms with Crippen LogP contribution in [0.4, 0.5) is 27.6 Å². The number of anilines is 1. The lowest BCUT2D eigenvalue weighted by Crippen LogP contribution is -2.15. The van der Waals surface area contributed by atoms with Crippen LogP contribution in [0.3, 0.4) is 0 Å². The van der Waals surface area contributed by atoms with Gasteiger partial charge in [-0.25, -0.2) is 13.8 Å². The number of carbonyl (C=O) groups excluding carboxylic acids is 1. The van der Waals surface area contributed by atoms with E-state index in [0.717, 1.165) is 24.3 Å². The van der Waals surface area contributed by atoms with Gasteiger partial charge < -0.3 is 15.0 Å². The molecular formula is C23H15ClF5N3O2. The van der Waals surface area contributed by atoms with Crippen LogP contribution in [0.2, 0.25) is 5.02 Å². The molecule has 0 spiro atoms. The first-order valence-electron chi connectivity index (χ1n) is 9.71. The number of halogens is 6. The molecule has 0 atom stereocenters. The number of aryl methyl sites for hydroxylation is 2. The smallest absolute Gasteiger partial charge is 0.416 e. The number of benzene rings is 3. The van der Waals surface area contributed by atoms with Crippen molar-refractivity contribution < 1.29 is 31.9 Å². The maximum absolute atomic E-state index is 14.4. The Morgan fingerprint density at radius 1 is 1.09 bits per heavy atom. The van der Waals surface area contributed by atoms with Gasteiger partial charge in [0, 0.05) is 29.9 Å². The number of hydrogen-bond acceptors (Lipinski definition) is 3. The zero-order valence-electron chi connectivity index (χ0n) is 17.6. The summed E-state index contributed by atoms with van der Waals surface area (Å²) < 4.78 is 69.3. The highest BCUT2D eigenvalue weighted by Gasteiger charge is 2.32. The molecule has 0 aliphatic carbocycles. The van der Waals surface area contributed by atoms with Crippen molar-refractivity contribution in [1.29, 1.82) is 0 Å². The van der Waals surface area contributed by atoms with Gasteiger partial charge in [0.1, 0.15) is 23.0 Å². The van der Waals surface area contributed by atoms with Gasteiger partial charge in [-0.05, 0) is 37.3 Å². The molecule has 0 aliphatic rings. The zero-order valence-corrected chi connectivity index (χ0v) is 18.3. The molecule has 0 fully saturated rings. The summed E-state index contributed by atoms with van der Waals surface area (Å²) >= 11 is 6.26. The number of carbonyl (C=O) groups is 1. The van der Waals surface area contributed by atoms with E-state index in [1.54, 1.807) is 18.5 Å². The average Bonchev–Trinajstić information content (AvgIpc) is 3.05. The Kier molecular flexibility index (Phi) is 5.72. The molecule has 0 aliphatic heterocycles. The number of phenolic OH excluding ortho intramolecular Hbond substituents is 1. The standard InChI is InChI=1S/C23H15ClF5N3O2/c1-10-30-19-20(32(10)2)16(24)9-15(21(19)33)22(34)31-18-7-11(23(27,28)29)3-5-14(18)13-6-4-12(25)8-17(13)26/h3-9,33H,1-2H3,(H,31,34). The van der Waals surface area contributed by atoms with Crippen molar-refractivity contribution in [2.75, 3.05) is 5.32 Å². The van der Waals surface area contributed by atoms with E-state index in [1.807, 2.05) is 0 Å². The molecule has 2 N–H and O–H groups in total. The number of phenols is 1. The second-order valence-corrected chi connectivity index (χ2v) is 7.91. The molecule has 5 nitrogen and oxygen atoms in total. The lowest BCUT2D eigenvalue weighted by atomic mass is 10.00. The first-order chi connectivity index (χ1) is 15.9. The number of hydrogen-bond donors (Lipinski definition) is 2. The maximum Gasteiger partial charge on any atom is 0.416 e. The molecule has 1 heterocycles. The Hall–Kier alpha value is -3.66. The van der Waals surface area contributed by atoms with Crippen LogP contribution in [-0.2, 0) is 13.2 Å². The van der Waals surface area contributed by atoms with Gasteiger partial charge >= 0.3 is 6.18 Å². The topological polar surface area (TPSA) is 67.2 Å². The number of fused-ring (bicyclic) bond motifs is 1. The van der Waals surface area contributed by atoms with Crippen LogP contribution >= 0.6 is 11.6 Å². The molecule has 34 heavy (non-hydrogen) atoms. The number of aromatic nitrogens is 2. The molecule has 1 amide bonds. The van der Waals surface area contributed by atoms with Crippen LogP contribution in [-0.4, -0.2) is 20.6 Å². The molecule has 0 saturated carbocycles. The minimum atomic E-state index is -4.75. The van der Waals surface area contributed by atoms with E-state index >= 15 is 0 Å². The fourth-order valence-electron chi connectivity index (χ4n) is 3.57. The Bertz CT molecular complexity index is 1460. The molecule has 4 aromatic rings. The molecule has 4 rings (SSSR count). The normalized spacial score (nSPS) is 11.8. The Balaban J connectivity index is 1.84. The number of nitrogens with zero attached hydrogens (tertiary/aromatic N) is 2. The molecule has 0 radical (unpaired) electrons. The molecule has 0 saturated heterocycles. The first-order valence-corrected chi connectivity index (χ1v) is 10.1. The van der Waals surface area contributed by atoms with Crippen LogP contribution in [0.1, 0.15) is 21.7 Å². The average molecular weight is 496 g/mol. The third-order valence-electron chi connectivity index (χ3n) is 5.36. The number of alkyl halides is 3. The predicted molar refractivity (Wildman–Crippen MR) is 117 cm³/mol. The lowest BCUT2D eigenvalue weighted by Gasteiger charge is -2.16. The van der Waals surface area contributed by atoms with Crippen LogP contribution in [0.25, 0.3) is 22.2 Å². The minimum absolute atomic E-state index is 0.0338. The fourth-order valence-corrected chi connectivity index (χ4v) is 3.89. The van der Waals surface area contributed by atoms with E-state index < -0.39 is 40.7 Å². The van der Waals surface area contributed by atoms with E-state index in [9.17, 15) is 31.9 Å². The van der Waals surface area contributed by atoms with Crippen LogP contribution in [0, 0.1) is 18.6 Å². The van der Waals surface area contributed by atoms with E-state index in [4.69, 9.17) is 11.6 Å². The van der Waals surface area contributed by atoms with Gasteiger partial charge in [0.2, 0.25) is 0 Å². The Labute approximate surface area is 194 Å². The monoisotopic (exact) mass is 495 g/mol. The summed E-state index contributed by atoms with van der Waals surface area (Å²) in [4.78, 5) is 17.2. The van der Waals surface area contributed by atoms with E-state index in [0.29, 0.717) is 29.5 Å². The van der Waals surface area contributed by atoms with E-state index in [1.165, 1.54) is 0 Å². The van der Waals surface area contributed by atoms with Gasteiger partial charge in [0.15, 0.2) is 5.75 Å². The molecule has 11 heteroatoms. The van der Waals surface area contributed by atoms with Crippen molar-refractivity contribution in [2.45, 2.75) is 13.1 Å². The third kappa shape index (κ3) is 4.05. The Morgan fingerprint density at radius 2 is 1.76 bits per heavy atom. The summed E-state index contributed by atoms with van der Waals surface area (Å²) in [6, 6.07) is 6.00. The number of amides is 1. The quantitative estimate of drug-likeness (QED) is 0.321. The summed E-state index contributed by atoms with van der Waals surface area (Å²) in [5.74, 6) is -2.95. The number of rotatable bonds is 3. The van der Waals surface area contributed by atoms with Gasteiger partial charge in [-0.15, -0.1) is 0 Å². The molecular weight excluding hydrogens is 481 g/mol. The molecule has 0 unspecified atom stereocenters. The largest absolute Gasteiger partial charge is 0.505 e. The first kappa shape index (κ1) is 23.5. The van der Waals surface area contributed by atoms with Gasteiger partial charge in [-0.2, -0.15) is 13.2 Å². The number of aromatic hydroxyl groups is 1. The number of nitrogens with one attached hydrogen (secondary N) is 1. The number of imidazole rings is 1. The van der Waals surface area contributed by atoms with E-state index in [2.05, 4.69) is 10.3 Å². The lowest BCUT2D eigenvalue weighted by molar-refractivity contribution is -0.137. The van der Waals surface area contributed by atoms with Gasteiger partial charge in [0.05, 0.1) is 21.7 Å². The minimum Gasteiger partial charge on any atom is -0.505 e. The molecule has 0 bridgehead atoms.